The maximum absolute atomic E-state index is 13.3. The molecule has 10 heteroatoms. The largest absolute Gasteiger partial charge is 0.477 e. The van der Waals surface area contributed by atoms with E-state index in [1.54, 1.807) is 0 Å². The van der Waals surface area contributed by atoms with Crippen LogP contribution in [0.25, 0.3) is 0 Å². The highest BCUT2D eigenvalue weighted by Gasteiger charge is 2.66. The Labute approximate surface area is 208 Å². The number of nitrogens with zero attached hydrogens (tertiary/aromatic N) is 1. The second kappa shape index (κ2) is 10.4. The number of carboxylic acids is 1. The molecule has 0 spiro atoms. The molecule has 2 unspecified atom stereocenters. The number of amides is 2. The number of alkyl carbamates (subject to hydrolysis) is 1. The zero-order valence-corrected chi connectivity index (χ0v) is 20.0. The minimum Gasteiger partial charge on any atom is -0.477 e. The van der Waals surface area contributed by atoms with Crippen molar-refractivity contribution in [2.24, 2.45) is 11.8 Å². The number of hydrogen-bond acceptors (Lipinski definition) is 7. The summed E-state index contributed by atoms with van der Waals surface area (Å²) in [7, 11) is 0. The van der Waals surface area contributed by atoms with Gasteiger partial charge in [0.25, 0.3) is 5.91 Å². The highest BCUT2D eigenvalue weighted by molar-refractivity contribution is 5.94. The monoisotopic (exact) mass is 496 g/mol. The second-order valence-corrected chi connectivity index (χ2v) is 9.20. The number of hydrogen-bond donors (Lipinski definition) is 2. The first-order valence-electron chi connectivity index (χ1n) is 11.7. The zero-order chi connectivity index (χ0) is 25.9. The Morgan fingerprint density at radius 1 is 1.08 bits per heavy atom. The Hall–Kier alpha value is -3.92. The van der Waals surface area contributed by atoms with Crippen LogP contribution < -0.4 is 5.32 Å². The van der Waals surface area contributed by atoms with Gasteiger partial charge in [-0.15, -0.1) is 0 Å². The Bertz CT molecular complexity index is 1080. The molecule has 36 heavy (non-hydrogen) atoms. The van der Waals surface area contributed by atoms with E-state index in [9.17, 15) is 24.3 Å². The van der Waals surface area contributed by atoms with Gasteiger partial charge >= 0.3 is 23.8 Å². The lowest BCUT2D eigenvalue weighted by molar-refractivity contribution is -0.267. The first-order chi connectivity index (χ1) is 17.2. The Morgan fingerprint density at radius 2 is 1.67 bits per heavy atom. The van der Waals surface area contributed by atoms with Crippen LogP contribution in [0.5, 0.6) is 0 Å². The summed E-state index contributed by atoms with van der Waals surface area (Å²) >= 11 is 0. The number of aliphatic carboxylic acids is 1. The number of rotatable bonds is 8. The molecule has 2 aliphatic rings. The van der Waals surface area contributed by atoms with Crippen LogP contribution in [0.3, 0.4) is 0 Å². The average molecular weight is 497 g/mol. The van der Waals surface area contributed by atoms with Crippen LogP contribution in [0.1, 0.15) is 37.3 Å². The fourth-order valence-electron chi connectivity index (χ4n) is 4.63. The Balaban J connectivity index is 1.70. The van der Waals surface area contributed by atoms with E-state index in [0.29, 0.717) is 5.06 Å². The fourth-order valence-corrected chi connectivity index (χ4v) is 4.63. The van der Waals surface area contributed by atoms with Crippen molar-refractivity contribution in [1.82, 2.24) is 10.4 Å². The summed E-state index contributed by atoms with van der Waals surface area (Å²) in [6.45, 7) is 3.53. The van der Waals surface area contributed by atoms with Gasteiger partial charge in [0.15, 0.2) is 0 Å². The molecule has 3 atom stereocenters. The molecule has 2 N–H and O–H groups in total. The Kier molecular flexibility index (Phi) is 7.25. The van der Waals surface area contributed by atoms with Gasteiger partial charge in [-0.3, -0.25) is 14.4 Å². The van der Waals surface area contributed by atoms with Gasteiger partial charge in [0.05, 0.1) is 18.9 Å². The molecule has 2 aromatic rings. The molecule has 4 rings (SSSR count). The first kappa shape index (κ1) is 25.2. The topological polar surface area (TPSA) is 131 Å². The average Bonchev–Trinajstić information content (AvgIpc) is 3.39. The van der Waals surface area contributed by atoms with Crippen molar-refractivity contribution in [2.75, 3.05) is 13.2 Å². The summed E-state index contributed by atoms with van der Waals surface area (Å²) < 4.78 is 10.5. The van der Waals surface area contributed by atoms with Crippen LogP contribution in [0.4, 0.5) is 4.79 Å². The molecule has 0 aromatic heterocycles. The van der Waals surface area contributed by atoms with E-state index in [4.69, 9.17) is 14.3 Å². The van der Waals surface area contributed by atoms with Gasteiger partial charge in [-0.2, -0.15) is 5.06 Å². The van der Waals surface area contributed by atoms with Crippen molar-refractivity contribution in [1.29, 1.82) is 0 Å². The number of esters is 1. The molecule has 10 nitrogen and oxygen atoms in total. The van der Waals surface area contributed by atoms with Gasteiger partial charge in [0.2, 0.25) is 0 Å². The number of carbonyl (C=O) groups is 4. The second-order valence-electron chi connectivity index (χ2n) is 9.20. The lowest BCUT2D eigenvalue weighted by Crippen LogP contribution is -2.61. The highest BCUT2D eigenvalue weighted by Crippen LogP contribution is 2.48. The molecule has 190 valence electrons. The van der Waals surface area contributed by atoms with Crippen LogP contribution in [0.2, 0.25) is 0 Å². The Morgan fingerprint density at radius 3 is 2.19 bits per heavy atom. The van der Waals surface area contributed by atoms with Gasteiger partial charge < -0.3 is 19.9 Å². The van der Waals surface area contributed by atoms with E-state index in [2.05, 4.69) is 5.32 Å². The quantitative estimate of drug-likeness (QED) is 0.534. The number of benzene rings is 2. The molecule has 2 aliphatic heterocycles. The lowest BCUT2D eigenvalue weighted by atomic mass is 9.74. The number of ether oxygens (including phenoxy) is 2. The van der Waals surface area contributed by atoms with Gasteiger partial charge in [-0.25, -0.2) is 9.59 Å². The predicted octanol–water partition coefficient (Wildman–Crippen LogP) is 2.69. The summed E-state index contributed by atoms with van der Waals surface area (Å²) in [6.07, 6.45) is -1.09. The van der Waals surface area contributed by atoms with Crippen molar-refractivity contribution >= 4 is 23.9 Å². The number of cyclic esters (lactones) is 1. The third kappa shape index (κ3) is 4.76. The lowest BCUT2D eigenvalue weighted by Gasteiger charge is -2.39. The molecular formula is C26H28N2O8. The molecule has 0 aliphatic carbocycles. The van der Waals surface area contributed by atoms with Crippen LogP contribution in [-0.2, 0) is 28.7 Å². The summed E-state index contributed by atoms with van der Waals surface area (Å²) in [5.74, 6) is -4.73. The maximum Gasteiger partial charge on any atom is 0.407 e. The van der Waals surface area contributed by atoms with Gasteiger partial charge in [0, 0.05) is 5.92 Å². The molecule has 2 saturated heterocycles. The predicted molar refractivity (Wildman–Crippen MR) is 125 cm³/mol. The third-order valence-electron chi connectivity index (χ3n) is 6.19. The van der Waals surface area contributed by atoms with Crippen molar-refractivity contribution in [3.05, 3.63) is 71.8 Å². The minimum atomic E-state index is -2.44. The molecule has 2 aromatic carbocycles. The molecule has 0 bridgehead atoms. The van der Waals surface area contributed by atoms with Crippen molar-refractivity contribution < 1.29 is 38.6 Å². The molecule has 0 saturated carbocycles. The van der Waals surface area contributed by atoms with E-state index in [0.717, 1.165) is 11.1 Å². The number of hydroxylamine groups is 2. The minimum absolute atomic E-state index is 0.0876. The van der Waals surface area contributed by atoms with E-state index in [-0.39, 0.29) is 25.6 Å². The van der Waals surface area contributed by atoms with Gasteiger partial charge in [-0.1, -0.05) is 74.5 Å². The number of carbonyl (C=O) groups excluding carboxylic acids is 3. The smallest absolute Gasteiger partial charge is 0.407 e. The summed E-state index contributed by atoms with van der Waals surface area (Å²) in [4.78, 5) is 56.4. The van der Waals surface area contributed by atoms with Crippen molar-refractivity contribution in [2.45, 2.75) is 38.0 Å². The van der Waals surface area contributed by atoms with Crippen molar-refractivity contribution in [3.63, 3.8) is 0 Å². The van der Waals surface area contributed by atoms with Gasteiger partial charge in [-0.05, 0) is 17.0 Å². The standard InChI is InChI=1S/C26H28N2O8/c1-16(2)14-34-25(33)27-20-15-35-28(23(20)30)26(24(31)32)19(13-21(29)36-26)22(17-9-5-3-6-10-17)18-11-7-4-8-12-18/h3-12,16,19-20,22H,13-15H2,1-2H3,(H,27,33)(H,31,32)/t19?,20-,26?/m0/s1. The van der Waals surface area contributed by atoms with Crippen LogP contribution in [0.15, 0.2) is 60.7 Å². The van der Waals surface area contributed by atoms with Crippen LogP contribution in [-0.4, -0.2) is 59.1 Å². The molecular weight excluding hydrogens is 468 g/mol. The van der Waals surface area contributed by atoms with E-state index >= 15 is 0 Å². The third-order valence-corrected chi connectivity index (χ3v) is 6.19. The number of carboxylic acid groups (broad SMARTS) is 1. The molecule has 0 radical (unpaired) electrons. The summed E-state index contributed by atoms with van der Waals surface area (Å²) in [5, 5.41) is 13.4. The van der Waals surface area contributed by atoms with Gasteiger partial charge in [0.1, 0.15) is 12.6 Å². The summed E-state index contributed by atoms with van der Waals surface area (Å²) in [5.41, 5.74) is -0.949. The highest BCUT2D eigenvalue weighted by atomic mass is 16.7. The maximum atomic E-state index is 13.3. The van der Waals surface area contributed by atoms with E-state index in [1.165, 1.54) is 0 Å². The molecule has 2 heterocycles. The van der Waals surface area contributed by atoms with E-state index in [1.807, 2.05) is 74.5 Å². The van der Waals surface area contributed by atoms with Crippen LogP contribution >= 0.6 is 0 Å². The van der Waals surface area contributed by atoms with E-state index < -0.39 is 47.5 Å². The first-order valence-corrected chi connectivity index (χ1v) is 11.7. The molecule has 2 amide bonds. The summed E-state index contributed by atoms with van der Waals surface area (Å²) in [6, 6.07) is 17.0. The van der Waals surface area contributed by atoms with Crippen LogP contribution in [0, 0.1) is 11.8 Å². The van der Waals surface area contributed by atoms with Crippen molar-refractivity contribution in [3.8, 4) is 0 Å². The zero-order valence-electron chi connectivity index (χ0n) is 20.0. The molecule has 2 fully saturated rings. The normalized spacial score (nSPS) is 23.7. The number of nitrogens with one attached hydrogen (secondary N) is 1. The SMILES string of the molecule is CC(C)COC(=O)N[C@H]1CON(C2(C(=O)O)OC(=O)CC2C(c2ccccc2)c2ccccc2)C1=O. The fraction of sp³-hybridized carbons (Fsp3) is 0.385.